The third-order valence-corrected chi connectivity index (χ3v) is 4.41. The van der Waals surface area contributed by atoms with Crippen LogP contribution in [0.15, 0.2) is 24.4 Å². The average Bonchev–Trinajstić information content (AvgIpc) is 3.23. The average molecular weight is 352 g/mol. The fraction of sp³-hybridized carbons (Fsp3) is 0.389. The Morgan fingerprint density at radius 2 is 2.08 bits per heavy atom. The molecule has 4 rings (SSSR count). The molecular formula is C18H20N6O2. The number of amides is 1. The molecule has 1 atom stereocenters. The number of hydrogen-bond acceptors (Lipinski definition) is 6. The summed E-state index contributed by atoms with van der Waals surface area (Å²) < 4.78 is 7.47. The Hall–Kier alpha value is -3.03. The van der Waals surface area contributed by atoms with Crippen molar-refractivity contribution < 1.29 is 9.53 Å². The molecule has 134 valence electrons. The van der Waals surface area contributed by atoms with Gasteiger partial charge in [-0.1, -0.05) is 6.07 Å². The van der Waals surface area contributed by atoms with Gasteiger partial charge in [0.05, 0.1) is 6.54 Å². The number of likely N-dealkylation sites (tertiary alicyclic amines) is 1. The first kappa shape index (κ1) is 16.4. The van der Waals surface area contributed by atoms with Crippen LogP contribution >= 0.6 is 0 Å². The molecule has 1 saturated heterocycles. The fourth-order valence-electron chi connectivity index (χ4n) is 3.10. The summed E-state index contributed by atoms with van der Waals surface area (Å²) in [5.74, 6) is 0.994. The van der Waals surface area contributed by atoms with E-state index < -0.39 is 0 Å². The number of fused-ring (bicyclic) bond motifs is 1. The molecule has 1 fully saturated rings. The molecule has 3 aromatic heterocycles. The van der Waals surface area contributed by atoms with Crippen molar-refractivity contribution in [2.75, 3.05) is 13.1 Å². The zero-order valence-corrected chi connectivity index (χ0v) is 15.0. The molecule has 0 N–H and O–H groups in total. The van der Waals surface area contributed by atoms with Crippen LogP contribution in [0, 0.1) is 20.8 Å². The summed E-state index contributed by atoms with van der Waals surface area (Å²) in [7, 11) is 0. The van der Waals surface area contributed by atoms with Gasteiger partial charge >= 0.3 is 0 Å². The Kier molecular flexibility index (Phi) is 4.02. The molecule has 1 aliphatic heterocycles. The summed E-state index contributed by atoms with van der Waals surface area (Å²) >= 11 is 0. The summed E-state index contributed by atoms with van der Waals surface area (Å²) in [5.41, 5.74) is 2.83. The molecule has 0 saturated carbocycles. The van der Waals surface area contributed by atoms with E-state index in [1.54, 1.807) is 15.6 Å². The number of aromatic nitrogens is 5. The number of aryl methyl sites for hydroxylation is 3. The largest absolute Gasteiger partial charge is 0.472 e. The summed E-state index contributed by atoms with van der Waals surface area (Å²) in [6, 6.07) is 5.71. The van der Waals surface area contributed by atoms with E-state index in [-0.39, 0.29) is 17.8 Å². The van der Waals surface area contributed by atoms with E-state index in [0.29, 0.717) is 24.7 Å². The van der Waals surface area contributed by atoms with Crippen LogP contribution in [0.1, 0.15) is 34.0 Å². The van der Waals surface area contributed by atoms with Crippen molar-refractivity contribution >= 4 is 11.7 Å². The molecule has 0 aromatic carbocycles. The molecule has 0 radical (unpaired) electrons. The molecule has 1 aliphatic rings. The second-order valence-electron chi connectivity index (χ2n) is 6.64. The predicted molar refractivity (Wildman–Crippen MR) is 94.2 cm³/mol. The molecule has 0 bridgehead atoms. The third kappa shape index (κ3) is 3.10. The molecule has 0 aliphatic carbocycles. The second-order valence-corrected chi connectivity index (χ2v) is 6.64. The Labute approximate surface area is 150 Å². The van der Waals surface area contributed by atoms with Gasteiger partial charge in [-0.05, 0) is 32.4 Å². The third-order valence-electron chi connectivity index (χ3n) is 4.41. The summed E-state index contributed by atoms with van der Waals surface area (Å²) in [6.07, 6.45) is 2.45. The van der Waals surface area contributed by atoms with Gasteiger partial charge in [-0.25, -0.2) is 14.5 Å². The highest BCUT2D eigenvalue weighted by molar-refractivity contribution is 5.91. The maximum Gasteiger partial charge on any atom is 0.293 e. The number of carbonyl (C=O) groups excluding carboxylic acids is 1. The lowest BCUT2D eigenvalue weighted by atomic mass is 10.3. The molecule has 8 heteroatoms. The molecule has 8 nitrogen and oxygen atoms in total. The van der Waals surface area contributed by atoms with Gasteiger partial charge in [0, 0.05) is 36.6 Å². The lowest BCUT2D eigenvalue weighted by Gasteiger charge is -2.15. The highest BCUT2D eigenvalue weighted by Crippen LogP contribution is 2.18. The standard InChI is InChI=1S/C18H20N6O2/c1-11-4-5-15(19-9-11)26-14-6-7-23(10-14)17(25)16-21-18-20-12(2)8-13(3)24(18)22-16/h4-5,8-9,14H,6-7,10H2,1-3H3. The molecular weight excluding hydrogens is 332 g/mol. The van der Waals surface area contributed by atoms with E-state index in [2.05, 4.69) is 20.1 Å². The Morgan fingerprint density at radius 3 is 2.85 bits per heavy atom. The minimum atomic E-state index is -0.199. The highest BCUT2D eigenvalue weighted by Gasteiger charge is 2.30. The SMILES string of the molecule is Cc1ccc(OC2CCN(C(=O)c3nc4nc(C)cc(C)n4n3)C2)nc1. The van der Waals surface area contributed by atoms with Gasteiger partial charge < -0.3 is 9.64 Å². The Bertz CT molecular complexity index is 966. The first-order valence-electron chi connectivity index (χ1n) is 8.59. The van der Waals surface area contributed by atoms with E-state index in [1.165, 1.54) is 0 Å². The number of hydrogen-bond donors (Lipinski definition) is 0. The first-order valence-corrected chi connectivity index (χ1v) is 8.59. The van der Waals surface area contributed by atoms with Gasteiger partial charge in [0.25, 0.3) is 11.7 Å². The van der Waals surface area contributed by atoms with Crippen molar-refractivity contribution in [2.24, 2.45) is 0 Å². The monoisotopic (exact) mass is 352 g/mol. The van der Waals surface area contributed by atoms with Crippen LogP contribution < -0.4 is 4.74 Å². The van der Waals surface area contributed by atoms with Gasteiger partial charge in [-0.15, -0.1) is 5.10 Å². The normalized spacial score (nSPS) is 17.0. The number of rotatable bonds is 3. The first-order chi connectivity index (χ1) is 12.5. The van der Waals surface area contributed by atoms with Crippen LogP contribution in [0.3, 0.4) is 0 Å². The molecule has 0 spiro atoms. The highest BCUT2D eigenvalue weighted by atomic mass is 16.5. The van der Waals surface area contributed by atoms with Crippen molar-refractivity contribution in [3.05, 3.63) is 47.2 Å². The van der Waals surface area contributed by atoms with Gasteiger partial charge in [0.15, 0.2) is 0 Å². The minimum absolute atomic E-state index is 0.0757. The molecule has 1 amide bonds. The lowest BCUT2D eigenvalue weighted by molar-refractivity contribution is 0.0759. The van der Waals surface area contributed by atoms with Crippen LogP contribution in [0.5, 0.6) is 5.88 Å². The smallest absolute Gasteiger partial charge is 0.293 e. The Balaban J connectivity index is 1.47. The van der Waals surface area contributed by atoms with Crippen molar-refractivity contribution in [1.82, 2.24) is 29.5 Å². The molecule has 3 aromatic rings. The summed E-state index contributed by atoms with van der Waals surface area (Å²) in [6.45, 7) is 6.89. The minimum Gasteiger partial charge on any atom is -0.472 e. The topological polar surface area (TPSA) is 85.5 Å². The lowest BCUT2D eigenvalue weighted by Crippen LogP contribution is -2.31. The van der Waals surface area contributed by atoms with Crippen molar-refractivity contribution in [1.29, 1.82) is 0 Å². The quantitative estimate of drug-likeness (QED) is 0.714. The van der Waals surface area contributed by atoms with E-state index >= 15 is 0 Å². The molecule has 1 unspecified atom stereocenters. The number of nitrogens with zero attached hydrogens (tertiary/aromatic N) is 6. The Morgan fingerprint density at radius 1 is 1.23 bits per heavy atom. The number of ether oxygens (including phenoxy) is 1. The van der Waals surface area contributed by atoms with Gasteiger partial charge in [0.2, 0.25) is 11.7 Å². The van der Waals surface area contributed by atoms with Crippen LogP contribution in [0.25, 0.3) is 5.78 Å². The van der Waals surface area contributed by atoms with Gasteiger partial charge in [0.1, 0.15) is 6.10 Å². The van der Waals surface area contributed by atoms with Gasteiger partial charge in [-0.3, -0.25) is 4.79 Å². The number of pyridine rings is 1. The van der Waals surface area contributed by atoms with Crippen LogP contribution in [-0.2, 0) is 0 Å². The van der Waals surface area contributed by atoms with Crippen molar-refractivity contribution in [3.63, 3.8) is 0 Å². The maximum atomic E-state index is 12.7. The molecule has 26 heavy (non-hydrogen) atoms. The van der Waals surface area contributed by atoms with E-state index in [4.69, 9.17) is 4.74 Å². The van der Waals surface area contributed by atoms with Crippen LogP contribution in [-0.4, -0.2) is 54.6 Å². The van der Waals surface area contributed by atoms with Crippen molar-refractivity contribution in [2.45, 2.75) is 33.3 Å². The number of carbonyl (C=O) groups is 1. The zero-order chi connectivity index (χ0) is 18.3. The van der Waals surface area contributed by atoms with E-state index in [1.807, 2.05) is 39.0 Å². The van der Waals surface area contributed by atoms with E-state index in [0.717, 1.165) is 23.4 Å². The second kappa shape index (κ2) is 6.36. The van der Waals surface area contributed by atoms with Crippen LogP contribution in [0.4, 0.5) is 0 Å². The molecule has 4 heterocycles. The van der Waals surface area contributed by atoms with Gasteiger partial charge in [-0.2, -0.15) is 4.98 Å². The van der Waals surface area contributed by atoms with E-state index in [9.17, 15) is 4.79 Å². The fourth-order valence-corrected chi connectivity index (χ4v) is 3.10. The zero-order valence-electron chi connectivity index (χ0n) is 15.0. The van der Waals surface area contributed by atoms with Crippen LogP contribution in [0.2, 0.25) is 0 Å². The maximum absolute atomic E-state index is 12.7. The summed E-state index contributed by atoms with van der Waals surface area (Å²) in [4.78, 5) is 27.3. The van der Waals surface area contributed by atoms with Crippen molar-refractivity contribution in [3.8, 4) is 5.88 Å². The predicted octanol–water partition coefficient (Wildman–Crippen LogP) is 1.74. The summed E-state index contributed by atoms with van der Waals surface area (Å²) in [5, 5.41) is 4.32.